The third-order valence-electron chi connectivity index (χ3n) is 4.18. The predicted molar refractivity (Wildman–Crippen MR) is 88.8 cm³/mol. The van der Waals surface area contributed by atoms with Gasteiger partial charge in [0.25, 0.3) is 5.91 Å². The maximum Gasteiger partial charge on any atom is 0.265 e. The fraction of sp³-hybridized carbons (Fsp3) is 0.412. The number of hydrogen-bond acceptors (Lipinski definition) is 3. The van der Waals surface area contributed by atoms with Gasteiger partial charge in [-0.15, -0.1) is 0 Å². The Hall–Kier alpha value is -1.75. The number of nitrogens with one attached hydrogen (secondary N) is 1. The fourth-order valence-electron chi connectivity index (χ4n) is 2.96. The van der Waals surface area contributed by atoms with Gasteiger partial charge in [0.2, 0.25) is 5.91 Å². The van der Waals surface area contributed by atoms with Crippen LogP contribution in [0, 0.1) is 0 Å². The van der Waals surface area contributed by atoms with E-state index in [1.807, 2.05) is 24.3 Å². The molecule has 1 N–H and O–H groups in total. The number of thioether (sulfide) groups is 1. The number of carbonyl (C=O) groups excluding carboxylic acids is 2. The summed E-state index contributed by atoms with van der Waals surface area (Å²) in [7, 11) is 1.74. The molecular formula is C17H20N2O2S. The van der Waals surface area contributed by atoms with Crippen LogP contribution in [0.2, 0.25) is 0 Å². The molecule has 3 rings (SSSR count). The molecule has 4 nitrogen and oxygen atoms in total. The lowest BCUT2D eigenvalue weighted by atomic mass is 9.95. The van der Waals surface area contributed by atoms with Gasteiger partial charge in [0.05, 0.1) is 10.6 Å². The van der Waals surface area contributed by atoms with E-state index in [9.17, 15) is 9.59 Å². The summed E-state index contributed by atoms with van der Waals surface area (Å²) in [5.41, 5.74) is 0.891. The number of hydrogen-bond donors (Lipinski definition) is 1. The summed E-state index contributed by atoms with van der Waals surface area (Å²) < 4.78 is 0. The van der Waals surface area contributed by atoms with Crippen LogP contribution in [0.4, 0.5) is 5.69 Å². The molecule has 1 aliphatic heterocycles. The van der Waals surface area contributed by atoms with Crippen molar-refractivity contribution >= 4 is 29.3 Å². The molecule has 0 atom stereocenters. The van der Waals surface area contributed by atoms with Gasteiger partial charge in [0.1, 0.15) is 0 Å². The van der Waals surface area contributed by atoms with Gasteiger partial charge in [-0.25, -0.2) is 0 Å². The minimum atomic E-state index is -0.157. The highest BCUT2D eigenvalue weighted by Gasteiger charge is 2.27. The molecule has 0 bridgehead atoms. The zero-order chi connectivity index (χ0) is 15.5. The van der Waals surface area contributed by atoms with E-state index in [0.29, 0.717) is 4.91 Å². The van der Waals surface area contributed by atoms with Gasteiger partial charge in [-0.3, -0.25) is 9.59 Å². The number of fused-ring (bicyclic) bond motifs is 1. The molecule has 0 saturated heterocycles. The second-order valence-corrected chi connectivity index (χ2v) is 6.87. The standard InChI is InChI=1S/C17H20N2O2S/c1-19-13-9-5-6-10-14(13)22-15(17(19)21)11-16(20)18-12-7-3-2-4-8-12/h5-6,9-12H,2-4,7-8H2,1H3,(H,18,20)/b15-11+. The first kappa shape index (κ1) is 15.2. The van der Waals surface area contributed by atoms with E-state index in [-0.39, 0.29) is 17.9 Å². The Labute approximate surface area is 135 Å². The highest BCUT2D eigenvalue weighted by atomic mass is 32.2. The van der Waals surface area contributed by atoms with E-state index >= 15 is 0 Å². The maximum atomic E-state index is 12.4. The van der Waals surface area contributed by atoms with Gasteiger partial charge in [0.15, 0.2) is 0 Å². The Morgan fingerprint density at radius 2 is 2.00 bits per heavy atom. The van der Waals surface area contributed by atoms with Crippen LogP contribution in [0.3, 0.4) is 0 Å². The maximum absolute atomic E-state index is 12.4. The smallest absolute Gasteiger partial charge is 0.265 e. The van der Waals surface area contributed by atoms with E-state index < -0.39 is 0 Å². The molecule has 116 valence electrons. The van der Waals surface area contributed by atoms with Crippen LogP contribution < -0.4 is 10.2 Å². The van der Waals surface area contributed by atoms with Crippen LogP contribution in [-0.4, -0.2) is 24.9 Å². The number of carbonyl (C=O) groups is 2. The fourth-order valence-corrected chi connectivity index (χ4v) is 4.04. The number of para-hydroxylation sites is 1. The van der Waals surface area contributed by atoms with Crippen LogP contribution in [-0.2, 0) is 9.59 Å². The number of nitrogens with zero attached hydrogens (tertiary/aromatic N) is 1. The zero-order valence-corrected chi connectivity index (χ0v) is 13.5. The zero-order valence-electron chi connectivity index (χ0n) is 12.7. The summed E-state index contributed by atoms with van der Waals surface area (Å²) in [4.78, 5) is 27.6. The lowest BCUT2D eigenvalue weighted by Gasteiger charge is -2.27. The number of anilines is 1. The van der Waals surface area contributed by atoms with Crippen molar-refractivity contribution in [1.29, 1.82) is 0 Å². The molecule has 1 heterocycles. The molecular weight excluding hydrogens is 296 g/mol. The summed E-state index contributed by atoms with van der Waals surface area (Å²) in [6.07, 6.45) is 7.13. The van der Waals surface area contributed by atoms with Crippen LogP contribution in [0.5, 0.6) is 0 Å². The Balaban J connectivity index is 1.74. The van der Waals surface area contributed by atoms with Gasteiger partial charge in [-0.05, 0) is 25.0 Å². The summed E-state index contributed by atoms with van der Waals surface area (Å²) in [5.74, 6) is -0.280. The number of rotatable bonds is 2. The molecule has 0 aromatic heterocycles. The molecule has 1 aromatic carbocycles. The molecule has 1 aromatic rings. The molecule has 2 amide bonds. The monoisotopic (exact) mass is 316 g/mol. The summed E-state index contributed by atoms with van der Waals surface area (Å²) in [5, 5.41) is 3.03. The molecule has 0 radical (unpaired) electrons. The molecule has 2 aliphatic rings. The van der Waals surface area contributed by atoms with E-state index in [4.69, 9.17) is 0 Å². The van der Waals surface area contributed by atoms with E-state index in [1.165, 1.54) is 37.1 Å². The average molecular weight is 316 g/mol. The number of likely N-dealkylation sites (N-methyl/N-ethyl adjacent to an activating group) is 1. The lowest BCUT2D eigenvalue weighted by Crippen LogP contribution is -2.36. The van der Waals surface area contributed by atoms with Crippen molar-refractivity contribution in [2.24, 2.45) is 0 Å². The largest absolute Gasteiger partial charge is 0.350 e. The average Bonchev–Trinajstić information content (AvgIpc) is 2.53. The Morgan fingerprint density at radius 3 is 2.77 bits per heavy atom. The second kappa shape index (κ2) is 6.57. The Bertz CT molecular complexity index is 621. The van der Waals surface area contributed by atoms with Crippen LogP contribution in [0.1, 0.15) is 32.1 Å². The van der Waals surface area contributed by atoms with Crippen molar-refractivity contribution in [2.75, 3.05) is 11.9 Å². The van der Waals surface area contributed by atoms with Crippen LogP contribution >= 0.6 is 11.8 Å². The minimum absolute atomic E-state index is 0.123. The highest BCUT2D eigenvalue weighted by Crippen LogP contribution is 2.40. The van der Waals surface area contributed by atoms with Gasteiger partial charge in [-0.1, -0.05) is 43.2 Å². The topological polar surface area (TPSA) is 49.4 Å². The first-order valence-electron chi connectivity index (χ1n) is 7.72. The molecule has 1 saturated carbocycles. The van der Waals surface area contributed by atoms with Gasteiger partial charge < -0.3 is 10.2 Å². The van der Waals surface area contributed by atoms with Crippen molar-refractivity contribution in [1.82, 2.24) is 5.32 Å². The quantitative estimate of drug-likeness (QED) is 0.853. The SMILES string of the molecule is CN1C(=O)/C(=C\C(=O)NC2CCCCC2)Sc2ccccc21. The van der Waals surface area contributed by atoms with Crippen molar-refractivity contribution in [3.63, 3.8) is 0 Å². The summed E-state index contributed by atoms with van der Waals surface area (Å²) >= 11 is 1.37. The second-order valence-electron chi connectivity index (χ2n) is 5.79. The van der Waals surface area contributed by atoms with E-state index in [0.717, 1.165) is 23.4 Å². The van der Waals surface area contributed by atoms with E-state index in [2.05, 4.69) is 5.32 Å². The van der Waals surface area contributed by atoms with Gasteiger partial charge >= 0.3 is 0 Å². The van der Waals surface area contributed by atoms with Crippen LogP contribution in [0.15, 0.2) is 40.1 Å². The van der Waals surface area contributed by atoms with Crippen molar-refractivity contribution in [2.45, 2.75) is 43.0 Å². The third-order valence-corrected chi connectivity index (χ3v) is 5.25. The first-order valence-corrected chi connectivity index (χ1v) is 8.54. The van der Waals surface area contributed by atoms with Crippen molar-refractivity contribution in [3.05, 3.63) is 35.2 Å². The van der Waals surface area contributed by atoms with Crippen molar-refractivity contribution in [3.8, 4) is 0 Å². The highest BCUT2D eigenvalue weighted by molar-refractivity contribution is 8.04. The predicted octanol–water partition coefficient (Wildman–Crippen LogP) is 3.09. The first-order chi connectivity index (χ1) is 10.6. The van der Waals surface area contributed by atoms with Gasteiger partial charge in [-0.2, -0.15) is 0 Å². The lowest BCUT2D eigenvalue weighted by molar-refractivity contribution is -0.118. The van der Waals surface area contributed by atoms with Gasteiger partial charge in [0, 0.05) is 24.1 Å². The molecule has 22 heavy (non-hydrogen) atoms. The molecule has 1 aliphatic carbocycles. The molecule has 5 heteroatoms. The summed E-state index contributed by atoms with van der Waals surface area (Å²) in [6.45, 7) is 0. The normalized spacial score (nSPS) is 20.9. The Kier molecular flexibility index (Phi) is 4.52. The van der Waals surface area contributed by atoms with Crippen LogP contribution in [0.25, 0.3) is 0 Å². The minimum Gasteiger partial charge on any atom is -0.350 e. The molecule has 1 fully saturated rings. The van der Waals surface area contributed by atoms with E-state index in [1.54, 1.807) is 11.9 Å². The Morgan fingerprint density at radius 1 is 1.27 bits per heavy atom. The number of amides is 2. The molecule has 0 unspecified atom stereocenters. The summed E-state index contributed by atoms with van der Waals surface area (Å²) in [6, 6.07) is 7.99. The molecule has 0 spiro atoms. The number of benzene rings is 1. The third kappa shape index (κ3) is 3.19. The van der Waals surface area contributed by atoms with Crippen molar-refractivity contribution < 1.29 is 9.59 Å².